The quantitative estimate of drug-likeness (QED) is 0.651. The van der Waals surface area contributed by atoms with Crippen LogP contribution in [0.2, 0.25) is 5.02 Å². The van der Waals surface area contributed by atoms with Crippen LogP contribution >= 0.6 is 43.5 Å². The molecule has 0 saturated carbocycles. The summed E-state index contributed by atoms with van der Waals surface area (Å²) in [5.41, 5.74) is 2.53. The molecule has 1 aromatic carbocycles. The fourth-order valence-corrected chi connectivity index (χ4v) is 2.89. The Morgan fingerprint density at radius 2 is 2.00 bits per heavy atom. The maximum absolute atomic E-state index is 5.92. The maximum Gasteiger partial charge on any atom is 0.178 e. The molecule has 0 aliphatic carbocycles. The lowest BCUT2D eigenvalue weighted by atomic mass is 10.2. The average molecular weight is 387 g/mol. The van der Waals surface area contributed by atoms with E-state index in [9.17, 15) is 0 Å². The molecule has 1 N–H and O–H groups in total. The van der Waals surface area contributed by atoms with Gasteiger partial charge in [0, 0.05) is 25.7 Å². The van der Waals surface area contributed by atoms with Crippen molar-refractivity contribution in [1.29, 1.82) is 0 Å². The zero-order chi connectivity index (χ0) is 12.7. The first kappa shape index (κ1) is 12.1. The highest BCUT2D eigenvalue weighted by Crippen LogP contribution is 2.30. The zero-order valence-corrected chi connectivity index (χ0v) is 12.8. The SMILES string of the molecule is Clc1ccc(-c2nc3ncc(Br)cc3[nH]2)c(Br)c1. The van der Waals surface area contributed by atoms with Crippen LogP contribution in [0.1, 0.15) is 0 Å². The van der Waals surface area contributed by atoms with Crippen molar-refractivity contribution in [2.75, 3.05) is 0 Å². The monoisotopic (exact) mass is 385 g/mol. The van der Waals surface area contributed by atoms with Crippen LogP contribution in [0.5, 0.6) is 0 Å². The summed E-state index contributed by atoms with van der Waals surface area (Å²) in [4.78, 5) is 11.9. The molecule has 0 aliphatic rings. The van der Waals surface area contributed by atoms with Gasteiger partial charge in [0.25, 0.3) is 0 Å². The van der Waals surface area contributed by atoms with Gasteiger partial charge >= 0.3 is 0 Å². The number of aromatic amines is 1. The van der Waals surface area contributed by atoms with Gasteiger partial charge in [0.2, 0.25) is 0 Å². The Morgan fingerprint density at radius 1 is 1.17 bits per heavy atom. The number of halogens is 3. The van der Waals surface area contributed by atoms with Gasteiger partial charge in [-0.15, -0.1) is 0 Å². The topological polar surface area (TPSA) is 41.6 Å². The highest BCUT2D eigenvalue weighted by atomic mass is 79.9. The minimum atomic E-state index is 0.683. The van der Waals surface area contributed by atoms with Crippen molar-refractivity contribution in [2.45, 2.75) is 0 Å². The molecule has 0 saturated heterocycles. The van der Waals surface area contributed by atoms with Crippen LogP contribution in [-0.4, -0.2) is 15.0 Å². The van der Waals surface area contributed by atoms with E-state index in [1.165, 1.54) is 0 Å². The van der Waals surface area contributed by atoms with E-state index >= 15 is 0 Å². The molecule has 6 heteroatoms. The molecular weight excluding hydrogens is 381 g/mol. The molecular formula is C12H6Br2ClN3. The van der Waals surface area contributed by atoms with Crippen molar-refractivity contribution in [3.05, 3.63) is 44.4 Å². The van der Waals surface area contributed by atoms with Crippen molar-refractivity contribution < 1.29 is 0 Å². The normalized spacial score (nSPS) is 11.1. The van der Waals surface area contributed by atoms with Crippen LogP contribution in [0.25, 0.3) is 22.6 Å². The fraction of sp³-hybridized carbons (Fsp3) is 0. The third kappa shape index (κ3) is 2.18. The van der Waals surface area contributed by atoms with Gasteiger partial charge in [-0.1, -0.05) is 11.6 Å². The molecule has 0 aliphatic heterocycles. The standard InChI is InChI=1S/C12H6Br2ClN3/c13-6-3-10-12(16-5-6)18-11(17-10)8-2-1-7(15)4-9(8)14/h1-5H,(H,16,17,18). The van der Waals surface area contributed by atoms with E-state index in [1.54, 1.807) is 6.20 Å². The average Bonchev–Trinajstić information content (AvgIpc) is 2.71. The summed E-state index contributed by atoms with van der Waals surface area (Å²) in [5.74, 6) is 0.763. The van der Waals surface area contributed by atoms with Gasteiger partial charge in [-0.2, -0.15) is 0 Å². The van der Waals surface area contributed by atoms with Crippen molar-refractivity contribution in [1.82, 2.24) is 15.0 Å². The van der Waals surface area contributed by atoms with Gasteiger partial charge in [0.05, 0.1) is 5.52 Å². The number of imidazole rings is 1. The highest BCUT2D eigenvalue weighted by Gasteiger charge is 2.09. The number of benzene rings is 1. The smallest absolute Gasteiger partial charge is 0.178 e. The van der Waals surface area contributed by atoms with Crippen LogP contribution in [0, 0.1) is 0 Å². The molecule has 2 aromatic heterocycles. The largest absolute Gasteiger partial charge is 0.337 e. The Bertz CT molecular complexity index is 739. The number of nitrogens with zero attached hydrogens (tertiary/aromatic N) is 2. The molecule has 18 heavy (non-hydrogen) atoms. The van der Waals surface area contributed by atoms with Crippen molar-refractivity contribution in [3.63, 3.8) is 0 Å². The highest BCUT2D eigenvalue weighted by molar-refractivity contribution is 9.10. The van der Waals surface area contributed by atoms with Gasteiger partial charge in [0.15, 0.2) is 5.65 Å². The molecule has 3 nitrogen and oxygen atoms in total. The van der Waals surface area contributed by atoms with Crippen molar-refractivity contribution >= 4 is 54.6 Å². The van der Waals surface area contributed by atoms with Crippen LogP contribution in [0.4, 0.5) is 0 Å². The Labute approximate surface area is 125 Å². The van der Waals surface area contributed by atoms with E-state index in [2.05, 4.69) is 46.8 Å². The first-order chi connectivity index (χ1) is 8.63. The van der Waals surface area contributed by atoms with Gasteiger partial charge in [-0.25, -0.2) is 9.97 Å². The van der Waals surface area contributed by atoms with Crippen LogP contribution in [0.3, 0.4) is 0 Å². The number of rotatable bonds is 1. The van der Waals surface area contributed by atoms with Gasteiger partial charge in [-0.3, -0.25) is 0 Å². The second-order valence-corrected chi connectivity index (χ2v) is 5.94. The summed E-state index contributed by atoms with van der Waals surface area (Å²) in [6, 6.07) is 7.54. The molecule has 3 aromatic rings. The number of nitrogens with one attached hydrogen (secondary N) is 1. The van der Waals surface area contributed by atoms with Crippen LogP contribution in [-0.2, 0) is 0 Å². The lowest BCUT2D eigenvalue weighted by molar-refractivity contribution is 1.29. The molecule has 0 fully saturated rings. The van der Waals surface area contributed by atoms with E-state index in [1.807, 2.05) is 24.3 Å². The number of aromatic nitrogens is 3. The van der Waals surface area contributed by atoms with E-state index < -0.39 is 0 Å². The number of H-pyrrole nitrogens is 1. The minimum absolute atomic E-state index is 0.683. The number of pyridine rings is 1. The number of hydrogen-bond donors (Lipinski definition) is 1. The number of hydrogen-bond acceptors (Lipinski definition) is 2. The maximum atomic E-state index is 5.92. The summed E-state index contributed by atoms with van der Waals surface area (Å²) >= 11 is 12.8. The molecule has 0 spiro atoms. The van der Waals surface area contributed by atoms with E-state index in [0.29, 0.717) is 10.7 Å². The lowest BCUT2D eigenvalue weighted by Crippen LogP contribution is -1.82. The molecule has 0 radical (unpaired) electrons. The predicted octanol–water partition coefficient (Wildman–Crippen LogP) is 4.80. The van der Waals surface area contributed by atoms with Gasteiger partial charge in [-0.05, 0) is 56.1 Å². The van der Waals surface area contributed by atoms with Crippen molar-refractivity contribution in [2.24, 2.45) is 0 Å². The summed E-state index contributed by atoms with van der Waals surface area (Å²) < 4.78 is 1.81. The molecule has 2 heterocycles. The second kappa shape index (κ2) is 4.64. The predicted molar refractivity (Wildman–Crippen MR) is 79.7 cm³/mol. The molecule has 0 bridgehead atoms. The van der Waals surface area contributed by atoms with E-state index in [4.69, 9.17) is 11.6 Å². The van der Waals surface area contributed by atoms with Gasteiger partial charge < -0.3 is 4.98 Å². The second-order valence-electron chi connectivity index (χ2n) is 3.73. The zero-order valence-electron chi connectivity index (χ0n) is 8.92. The Balaban J connectivity index is 2.19. The Hall–Kier alpha value is -0.910. The lowest BCUT2D eigenvalue weighted by Gasteiger charge is -2.00. The molecule has 3 rings (SSSR count). The molecule has 0 atom stereocenters. The number of fused-ring (bicyclic) bond motifs is 1. The summed E-state index contributed by atoms with van der Waals surface area (Å²) in [5, 5.41) is 0.683. The molecule has 90 valence electrons. The van der Waals surface area contributed by atoms with Crippen LogP contribution < -0.4 is 0 Å². The minimum Gasteiger partial charge on any atom is -0.337 e. The summed E-state index contributed by atoms with van der Waals surface area (Å²) in [6.07, 6.45) is 1.73. The Morgan fingerprint density at radius 3 is 2.78 bits per heavy atom. The van der Waals surface area contributed by atoms with Gasteiger partial charge in [0.1, 0.15) is 5.82 Å². The van der Waals surface area contributed by atoms with E-state index in [-0.39, 0.29) is 0 Å². The third-order valence-electron chi connectivity index (χ3n) is 2.49. The first-order valence-corrected chi connectivity index (χ1v) is 7.06. The first-order valence-electron chi connectivity index (χ1n) is 5.10. The van der Waals surface area contributed by atoms with Crippen LogP contribution in [0.15, 0.2) is 39.4 Å². The summed E-state index contributed by atoms with van der Waals surface area (Å²) in [7, 11) is 0. The molecule has 0 unspecified atom stereocenters. The third-order valence-corrected chi connectivity index (χ3v) is 3.82. The molecule has 0 amide bonds. The Kier molecular flexibility index (Phi) is 3.13. The van der Waals surface area contributed by atoms with Crippen molar-refractivity contribution in [3.8, 4) is 11.4 Å². The fourth-order valence-electron chi connectivity index (χ4n) is 1.68. The summed E-state index contributed by atoms with van der Waals surface area (Å²) in [6.45, 7) is 0. The van der Waals surface area contributed by atoms with E-state index in [0.717, 1.165) is 25.8 Å².